The average molecular weight is 282 g/mol. The quantitative estimate of drug-likeness (QED) is 0.797. The lowest BCUT2D eigenvalue weighted by Crippen LogP contribution is -2.21. The van der Waals surface area contributed by atoms with E-state index in [0.717, 1.165) is 17.8 Å². The summed E-state index contributed by atoms with van der Waals surface area (Å²) in [7, 11) is 0. The van der Waals surface area contributed by atoms with Crippen LogP contribution in [-0.2, 0) is 11.3 Å². The molecule has 2 aromatic carbocycles. The van der Waals surface area contributed by atoms with Crippen LogP contribution in [0.3, 0.4) is 0 Å². The molecule has 110 valence electrons. The number of rotatable bonds is 6. The second kappa shape index (κ2) is 7.60. The number of carbonyl (C=O) groups is 1. The molecule has 3 nitrogen and oxygen atoms in total. The number of aryl methyl sites for hydroxylation is 2. The minimum Gasteiger partial charge on any atom is -0.326 e. The molecule has 0 saturated carbocycles. The van der Waals surface area contributed by atoms with Gasteiger partial charge >= 0.3 is 0 Å². The van der Waals surface area contributed by atoms with Gasteiger partial charge in [0.05, 0.1) is 0 Å². The predicted molar refractivity (Wildman–Crippen MR) is 87.3 cm³/mol. The Bertz CT molecular complexity index is 608. The first-order valence-corrected chi connectivity index (χ1v) is 7.26. The van der Waals surface area contributed by atoms with Gasteiger partial charge < -0.3 is 10.6 Å². The monoisotopic (exact) mass is 282 g/mol. The van der Waals surface area contributed by atoms with Crippen LogP contribution in [0.5, 0.6) is 0 Å². The molecule has 0 saturated heterocycles. The third-order valence-corrected chi connectivity index (χ3v) is 3.24. The van der Waals surface area contributed by atoms with E-state index in [1.54, 1.807) is 0 Å². The van der Waals surface area contributed by atoms with Gasteiger partial charge in [0, 0.05) is 25.2 Å². The van der Waals surface area contributed by atoms with Crippen LogP contribution in [-0.4, -0.2) is 12.5 Å². The number of carbonyl (C=O) groups excluding carboxylic acids is 1. The maximum atomic E-state index is 11.8. The summed E-state index contributed by atoms with van der Waals surface area (Å²) in [6.45, 7) is 5.56. The molecule has 0 unspecified atom stereocenters. The summed E-state index contributed by atoms with van der Waals surface area (Å²) in [5.74, 6) is 0.0392. The number of anilines is 1. The van der Waals surface area contributed by atoms with Crippen LogP contribution in [0.1, 0.15) is 23.1 Å². The minimum absolute atomic E-state index is 0.0392. The summed E-state index contributed by atoms with van der Waals surface area (Å²) in [5, 5.41) is 6.21. The van der Waals surface area contributed by atoms with E-state index >= 15 is 0 Å². The lowest BCUT2D eigenvalue weighted by molar-refractivity contribution is -0.116. The fourth-order valence-electron chi connectivity index (χ4n) is 2.20. The number of hydrogen-bond donors (Lipinski definition) is 2. The lowest BCUT2D eigenvalue weighted by Gasteiger charge is -2.07. The summed E-state index contributed by atoms with van der Waals surface area (Å²) in [6.07, 6.45) is 0.472. The van der Waals surface area contributed by atoms with Crippen LogP contribution >= 0.6 is 0 Å². The fourth-order valence-corrected chi connectivity index (χ4v) is 2.20. The Hall–Kier alpha value is -2.13. The van der Waals surface area contributed by atoms with Crippen molar-refractivity contribution in [1.82, 2.24) is 5.32 Å². The van der Waals surface area contributed by atoms with E-state index in [4.69, 9.17) is 0 Å². The molecule has 0 heterocycles. The minimum atomic E-state index is 0.0392. The molecule has 0 aliphatic heterocycles. The van der Waals surface area contributed by atoms with Gasteiger partial charge in [-0.1, -0.05) is 42.0 Å². The highest BCUT2D eigenvalue weighted by Crippen LogP contribution is 2.09. The van der Waals surface area contributed by atoms with Crippen LogP contribution < -0.4 is 10.6 Å². The van der Waals surface area contributed by atoms with E-state index in [0.29, 0.717) is 13.0 Å². The van der Waals surface area contributed by atoms with Crippen molar-refractivity contribution in [2.24, 2.45) is 0 Å². The molecule has 2 rings (SSSR count). The Morgan fingerprint density at radius 3 is 2.43 bits per heavy atom. The smallest absolute Gasteiger partial charge is 0.225 e. The van der Waals surface area contributed by atoms with Gasteiger partial charge in [-0.2, -0.15) is 0 Å². The van der Waals surface area contributed by atoms with Crippen LogP contribution in [0, 0.1) is 13.8 Å². The van der Waals surface area contributed by atoms with Crippen molar-refractivity contribution in [3.8, 4) is 0 Å². The van der Waals surface area contributed by atoms with Crippen LogP contribution in [0.25, 0.3) is 0 Å². The molecule has 0 bridgehead atoms. The van der Waals surface area contributed by atoms with Gasteiger partial charge in [0.15, 0.2) is 0 Å². The SMILES string of the molecule is Cc1cccc(CNCCC(=O)Nc2cccc(C)c2)c1. The molecule has 2 aromatic rings. The molecule has 0 spiro atoms. The van der Waals surface area contributed by atoms with Crippen LogP contribution in [0.4, 0.5) is 5.69 Å². The van der Waals surface area contributed by atoms with Crippen molar-refractivity contribution in [1.29, 1.82) is 0 Å². The van der Waals surface area contributed by atoms with Crippen LogP contribution in [0.15, 0.2) is 48.5 Å². The first kappa shape index (κ1) is 15.3. The molecule has 3 heteroatoms. The van der Waals surface area contributed by atoms with E-state index in [-0.39, 0.29) is 5.91 Å². The fraction of sp³-hybridized carbons (Fsp3) is 0.278. The Labute approximate surface area is 126 Å². The summed E-state index contributed by atoms with van der Waals surface area (Å²) in [4.78, 5) is 11.8. The molecule has 21 heavy (non-hydrogen) atoms. The molecule has 0 atom stereocenters. The number of amides is 1. The van der Waals surface area contributed by atoms with Gasteiger partial charge in [0.25, 0.3) is 0 Å². The van der Waals surface area contributed by atoms with Crippen molar-refractivity contribution < 1.29 is 4.79 Å². The molecule has 0 fully saturated rings. The first-order valence-electron chi connectivity index (χ1n) is 7.26. The zero-order chi connectivity index (χ0) is 15.1. The van der Waals surface area contributed by atoms with E-state index in [2.05, 4.69) is 41.8 Å². The molecular formula is C18H22N2O. The largest absolute Gasteiger partial charge is 0.326 e. The van der Waals surface area contributed by atoms with Gasteiger partial charge in [-0.3, -0.25) is 4.79 Å². The summed E-state index contributed by atoms with van der Waals surface area (Å²) in [6, 6.07) is 16.2. The number of nitrogens with one attached hydrogen (secondary N) is 2. The Morgan fingerprint density at radius 2 is 1.71 bits per heavy atom. The standard InChI is InChI=1S/C18H22N2O/c1-14-5-3-7-16(11-14)13-19-10-9-18(21)20-17-8-4-6-15(2)12-17/h3-8,11-12,19H,9-10,13H2,1-2H3,(H,20,21). The van der Waals surface area contributed by atoms with Gasteiger partial charge in [-0.05, 0) is 37.1 Å². The van der Waals surface area contributed by atoms with E-state index in [9.17, 15) is 4.79 Å². The topological polar surface area (TPSA) is 41.1 Å². The van der Waals surface area contributed by atoms with Crippen molar-refractivity contribution in [3.05, 3.63) is 65.2 Å². The molecule has 1 amide bonds. The highest BCUT2D eigenvalue weighted by atomic mass is 16.1. The van der Waals surface area contributed by atoms with Gasteiger partial charge in [0.1, 0.15) is 0 Å². The highest BCUT2D eigenvalue weighted by molar-refractivity contribution is 5.90. The number of benzene rings is 2. The number of hydrogen-bond acceptors (Lipinski definition) is 2. The molecule has 0 radical (unpaired) electrons. The molecule has 0 aliphatic carbocycles. The zero-order valence-electron chi connectivity index (χ0n) is 12.6. The van der Waals surface area contributed by atoms with Gasteiger partial charge in [0.2, 0.25) is 5.91 Å². The van der Waals surface area contributed by atoms with E-state index in [1.165, 1.54) is 11.1 Å². The first-order chi connectivity index (χ1) is 10.1. The van der Waals surface area contributed by atoms with Crippen LogP contribution in [0.2, 0.25) is 0 Å². The zero-order valence-corrected chi connectivity index (χ0v) is 12.6. The molecule has 0 aliphatic rings. The molecule has 2 N–H and O–H groups in total. The summed E-state index contributed by atoms with van der Waals surface area (Å²) in [5.41, 5.74) is 4.50. The third-order valence-electron chi connectivity index (χ3n) is 3.24. The molecule has 0 aromatic heterocycles. The second-order valence-corrected chi connectivity index (χ2v) is 5.33. The normalized spacial score (nSPS) is 10.4. The Morgan fingerprint density at radius 1 is 1.00 bits per heavy atom. The highest BCUT2D eigenvalue weighted by Gasteiger charge is 2.02. The van der Waals surface area contributed by atoms with E-state index in [1.807, 2.05) is 31.2 Å². The molecular weight excluding hydrogens is 260 g/mol. The van der Waals surface area contributed by atoms with Crippen molar-refractivity contribution in [3.63, 3.8) is 0 Å². The van der Waals surface area contributed by atoms with Crippen molar-refractivity contribution in [2.75, 3.05) is 11.9 Å². The average Bonchev–Trinajstić information content (AvgIpc) is 2.44. The summed E-state index contributed by atoms with van der Waals surface area (Å²) < 4.78 is 0. The second-order valence-electron chi connectivity index (χ2n) is 5.33. The summed E-state index contributed by atoms with van der Waals surface area (Å²) >= 11 is 0. The maximum absolute atomic E-state index is 11.8. The Kier molecular flexibility index (Phi) is 5.52. The lowest BCUT2D eigenvalue weighted by atomic mass is 10.1. The van der Waals surface area contributed by atoms with Crippen molar-refractivity contribution in [2.45, 2.75) is 26.8 Å². The predicted octanol–water partition coefficient (Wildman–Crippen LogP) is 3.42. The van der Waals surface area contributed by atoms with Gasteiger partial charge in [-0.25, -0.2) is 0 Å². The Balaban J connectivity index is 1.70. The van der Waals surface area contributed by atoms with Crippen molar-refractivity contribution >= 4 is 11.6 Å². The van der Waals surface area contributed by atoms with Gasteiger partial charge in [-0.15, -0.1) is 0 Å². The maximum Gasteiger partial charge on any atom is 0.225 e. The van der Waals surface area contributed by atoms with E-state index < -0.39 is 0 Å². The third kappa shape index (κ3) is 5.40.